The van der Waals surface area contributed by atoms with Gasteiger partial charge in [-0.3, -0.25) is 4.79 Å². The highest BCUT2D eigenvalue weighted by molar-refractivity contribution is 5.94. The number of hydrogen-bond acceptors (Lipinski definition) is 3. The third-order valence-corrected chi connectivity index (χ3v) is 6.05. The van der Waals surface area contributed by atoms with Crippen molar-refractivity contribution in [3.8, 4) is 0 Å². The maximum Gasteiger partial charge on any atom is 0.253 e. The summed E-state index contributed by atoms with van der Waals surface area (Å²) in [5.74, 6) is 0.171. The van der Waals surface area contributed by atoms with Gasteiger partial charge in [-0.05, 0) is 57.0 Å². The van der Waals surface area contributed by atoms with Gasteiger partial charge in [-0.15, -0.1) is 0 Å². The molecule has 2 saturated heterocycles. The molecule has 5 nitrogen and oxygen atoms in total. The van der Waals surface area contributed by atoms with E-state index in [9.17, 15) is 4.79 Å². The van der Waals surface area contributed by atoms with Crippen molar-refractivity contribution in [1.29, 1.82) is 0 Å². The fourth-order valence-corrected chi connectivity index (χ4v) is 4.36. The van der Waals surface area contributed by atoms with Crippen molar-refractivity contribution in [3.05, 3.63) is 54.1 Å². The molecular formula is C20H26N4O. The Morgan fingerprint density at radius 2 is 1.88 bits per heavy atom. The molecule has 3 heterocycles. The molecule has 1 aromatic heterocycles. The van der Waals surface area contributed by atoms with Gasteiger partial charge in [0.15, 0.2) is 0 Å². The average Bonchev–Trinajstić information content (AvgIpc) is 3.27. The first-order valence-corrected chi connectivity index (χ1v) is 9.22. The molecule has 25 heavy (non-hydrogen) atoms. The summed E-state index contributed by atoms with van der Waals surface area (Å²) in [7, 11) is 2.24. The van der Waals surface area contributed by atoms with Gasteiger partial charge < -0.3 is 14.4 Å². The summed E-state index contributed by atoms with van der Waals surface area (Å²) in [6.07, 6.45) is 10.3. The van der Waals surface area contributed by atoms with Crippen LogP contribution < -0.4 is 0 Å². The highest BCUT2D eigenvalue weighted by Crippen LogP contribution is 2.37. The van der Waals surface area contributed by atoms with E-state index < -0.39 is 0 Å². The van der Waals surface area contributed by atoms with Crippen LogP contribution in [0.1, 0.15) is 41.6 Å². The maximum atomic E-state index is 12.8. The molecule has 2 aromatic rings. The zero-order valence-electron chi connectivity index (χ0n) is 14.9. The van der Waals surface area contributed by atoms with Crippen LogP contribution in [0.5, 0.6) is 0 Å². The minimum absolute atomic E-state index is 0.171. The number of aromatic nitrogens is 2. The Bertz CT molecular complexity index is 715. The molecule has 2 aliphatic heterocycles. The Labute approximate surface area is 149 Å². The molecule has 5 heteroatoms. The van der Waals surface area contributed by atoms with Gasteiger partial charge >= 0.3 is 0 Å². The molecule has 1 aromatic carbocycles. The lowest BCUT2D eigenvalue weighted by molar-refractivity contribution is 0.0492. The number of carbonyl (C=O) groups excluding carboxylic acids is 1. The molecule has 2 aliphatic rings. The molecule has 0 N–H and O–H groups in total. The van der Waals surface area contributed by atoms with Crippen molar-refractivity contribution in [3.63, 3.8) is 0 Å². The van der Waals surface area contributed by atoms with Crippen LogP contribution in [0.3, 0.4) is 0 Å². The van der Waals surface area contributed by atoms with Crippen LogP contribution >= 0.6 is 0 Å². The second kappa shape index (κ2) is 6.64. The third kappa shape index (κ3) is 3.21. The van der Waals surface area contributed by atoms with E-state index in [4.69, 9.17) is 0 Å². The molecule has 0 unspecified atom stereocenters. The third-order valence-electron chi connectivity index (χ3n) is 6.05. The predicted molar refractivity (Wildman–Crippen MR) is 97.5 cm³/mol. The van der Waals surface area contributed by atoms with Gasteiger partial charge in [0, 0.05) is 43.1 Å². The van der Waals surface area contributed by atoms with E-state index in [1.807, 2.05) is 46.3 Å². The summed E-state index contributed by atoms with van der Waals surface area (Å²) in [6, 6.07) is 8.01. The van der Waals surface area contributed by atoms with E-state index in [1.165, 1.54) is 24.9 Å². The van der Waals surface area contributed by atoms with Crippen molar-refractivity contribution >= 4 is 5.91 Å². The second-order valence-corrected chi connectivity index (χ2v) is 7.47. The van der Waals surface area contributed by atoms with Crippen LogP contribution in [0.15, 0.2) is 43.0 Å². The SMILES string of the molecule is CN1CCCC12CCN(C(=O)c1ccc(Cn3ccnc3)cc1)CC2. The standard InChI is InChI=1S/C20H26N4O/c1-22-11-2-7-20(22)8-12-24(13-9-20)19(25)18-5-3-17(4-6-18)15-23-14-10-21-16-23/h3-6,10,14,16H,2,7-9,11-13,15H2,1H3. The second-order valence-electron chi connectivity index (χ2n) is 7.47. The highest BCUT2D eigenvalue weighted by Gasteiger charge is 2.41. The van der Waals surface area contributed by atoms with E-state index in [0.29, 0.717) is 5.54 Å². The van der Waals surface area contributed by atoms with E-state index in [0.717, 1.165) is 38.0 Å². The van der Waals surface area contributed by atoms with Crippen molar-refractivity contribution in [2.45, 2.75) is 37.8 Å². The lowest BCUT2D eigenvalue weighted by Crippen LogP contribution is -2.51. The fraction of sp³-hybridized carbons (Fsp3) is 0.500. The van der Waals surface area contributed by atoms with Crippen LogP contribution in [0.2, 0.25) is 0 Å². The number of imidazole rings is 1. The van der Waals surface area contributed by atoms with Gasteiger partial charge in [-0.1, -0.05) is 12.1 Å². The lowest BCUT2D eigenvalue weighted by Gasteiger charge is -2.43. The topological polar surface area (TPSA) is 41.4 Å². The molecule has 0 aliphatic carbocycles. The van der Waals surface area contributed by atoms with Gasteiger partial charge in [0.05, 0.1) is 6.33 Å². The van der Waals surface area contributed by atoms with Crippen molar-refractivity contribution in [1.82, 2.24) is 19.4 Å². The molecule has 2 fully saturated rings. The number of carbonyl (C=O) groups is 1. The number of piperidine rings is 1. The molecule has 0 radical (unpaired) electrons. The Hall–Kier alpha value is -2.14. The van der Waals surface area contributed by atoms with Gasteiger partial charge in [-0.25, -0.2) is 4.98 Å². The largest absolute Gasteiger partial charge is 0.339 e. The number of amides is 1. The Morgan fingerprint density at radius 3 is 2.48 bits per heavy atom. The zero-order valence-corrected chi connectivity index (χ0v) is 14.9. The first-order valence-electron chi connectivity index (χ1n) is 9.22. The first kappa shape index (κ1) is 16.3. The van der Waals surface area contributed by atoms with Crippen LogP contribution in [0.25, 0.3) is 0 Å². The summed E-state index contributed by atoms with van der Waals surface area (Å²) in [5, 5.41) is 0. The van der Waals surface area contributed by atoms with Crippen LogP contribution in [-0.2, 0) is 6.54 Å². The summed E-state index contributed by atoms with van der Waals surface area (Å²) < 4.78 is 2.03. The number of benzene rings is 1. The Balaban J connectivity index is 1.38. The number of nitrogens with zero attached hydrogens (tertiary/aromatic N) is 4. The molecular weight excluding hydrogens is 312 g/mol. The van der Waals surface area contributed by atoms with Crippen LogP contribution in [-0.4, -0.2) is 57.5 Å². The van der Waals surface area contributed by atoms with Crippen molar-refractivity contribution < 1.29 is 4.79 Å². The van der Waals surface area contributed by atoms with Crippen LogP contribution in [0.4, 0.5) is 0 Å². The smallest absolute Gasteiger partial charge is 0.253 e. The Morgan fingerprint density at radius 1 is 1.12 bits per heavy atom. The monoisotopic (exact) mass is 338 g/mol. The molecule has 4 rings (SSSR count). The lowest BCUT2D eigenvalue weighted by atomic mass is 9.85. The van der Waals surface area contributed by atoms with Crippen molar-refractivity contribution in [2.75, 3.05) is 26.7 Å². The number of rotatable bonds is 3. The van der Waals surface area contributed by atoms with Gasteiger partial charge in [-0.2, -0.15) is 0 Å². The molecule has 0 atom stereocenters. The minimum atomic E-state index is 0.171. The van der Waals surface area contributed by atoms with Gasteiger partial charge in [0.2, 0.25) is 0 Å². The van der Waals surface area contributed by atoms with E-state index in [-0.39, 0.29) is 5.91 Å². The quantitative estimate of drug-likeness (QED) is 0.864. The first-order chi connectivity index (χ1) is 12.2. The average molecular weight is 338 g/mol. The molecule has 1 amide bonds. The maximum absolute atomic E-state index is 12.8. The number of likely N-dealkylation sites (tertiary alicyclic amines) is 2. The van der Waals surface area contributed by atoms with E-state index in [1.54, 1.807) is 6.20 Å². The fourth-order valence-electron chi connectivity index (χ4n) is 4.36. The summed E-state index contributed by atoms with van der Waals surface area (Å²) >= 11 is 0. The zero-order chi connectivity index (χ0) is 17.3. The molecule has 0 saturated carbocycles. The summed E-state index contributed by atoms with van der Waals surface area (Å²) in [5.41, 5.74) is 2.33. The molecule has 1 spiro atoms. The number of hydrogen-bond donors (Lipinski definition) is 0. The van der Waals surface area contributed by atoms with Crippen molar-refractivity contribution in [2.24, 2.45) is 0 Å². The highest BCUT2D eigenvalue weighted by atomic mass is 16.2. The van der Waals surface area contributed by atoms with Gasteiger partial charge in [0.25, 0.3) is 5.91 Å². The minimum Gasteiger partial charge on any atom is -0.339 e. The molecule has 132 valence electrons. The normalized spacial score (nSPS) is 20.3. The Kier molecular flexibility index (Phi) is 4.34. The van der Waals surface area contributed by atoms with E-state index >= 15 is 0 Å². The predicted octanol–water partition coefficient (Wildman–Crippen LogP) is 2.63. The summed E-state index contributed by atoms with van der Waals surface area (Å²) in [4.78, 5) is 21.4. The van der Waals surface area contributed by atoms with E-state index in [2.05, 4.69) is 16.9 Å². The van der Waals surface area contributed by atoms with Gasteiger partial charge in [0.1, 0.15) is 0 Å². The molecule has 0 bridgehead atoms. The summed E-state index contributed by atoms with van der Waals surface area (Å²) in [6.45, 7) is 3.74. The van der Waals surface area contributed by atoms with Crippen LogP contribution in [0, 0.1) is 0 Å².